The van der Waals surface area contributed by atoms with Crippen LogP contribution in [-0.4, -0.2) is 25.8 Å². The summed E-state index contributed by atoms with van der Waals surface area (Å²) in [6.45, 7) is 3.26. The van der Waals surface area contributed by atoms with E-state index < -0.39 is 10.9 Å². The molecule has 0 atom stereocenters. The second-order valence-corrected chi connectivity index (χ2v) is 4.50. The van der Waals surface area contributed by atoms with Crippen LogP contribution in [0.15, 0.2) is 18.2 Å². The van der Waals surface area contributed by atoms with Crippen molar-refractivity contribution in [3.05, 3.63) is 45.1 Å². The van der Waals surface area contributed by atoms with Crippen molar-refractivity contribution in [2.75, 3.05) is 0 Å². The Hall–Kier alpha value is -2.90. The van der Waals surface area contributed by atoms with Crippen molar-refractivity contribution >= 4 is 11.7 Å². The third-order valence-corrected chi connectivity index (χ3v) is 2.97. The largest absolute Gasteiger partial charge is 0.477 e. The van der Waals surface area contributed by atoms with Crippen LogP contribution in [0.4, 0.5) is 5.69 Å². The highest BCUT2D eigenvalue weighted by molar-refractivity contribution is 5.91. The number of carboxylic acids is 1. The standard InChI is InChI=1S/C13H13N3O5/c1-7-4-5-9(16(19)20)6-10(7)21-12-11(13(17)18)8(2)14-15(12)3/h4-6H,1-3H3,(H,17,18). The minimum atomic E-state index is -1.17. The molecule has 21 heavy (non-hydrogen) atoms. The first kappa shape index (κ1) is 14.5. The molecule has 110 valence electrons. The number of aromatic carboxylic acids is 1. The molecule has 1 N–H and O–H groups in total. The third kappa shape index (κ3) is 2.69. The lowest BCUT2D eigenvalue weighted by Crippen LogP contribution is -2.03. The highest BCUT2D eigenvalue weighted by Gasteiger charge is 2.22. The molecule has 0 saturated carbocycles. The number of nitro benzene ring substituents is 1. The topological polar surface area (TPSA) is 107 Å². The van der Waals surface area contributed by atoms with E-state index in [0.29, 0.717) is 11.3 Å². The van der Waals surface area contributed by atoms with Crippen LogP contribution in [0.3, 0.4) is 0 Å². The predicted octanol–water partition coefficient (Wildman–Crippen LogP) is 2.44. The average molecular weight is 291 g/mol. The molecule has 0 aliphatic carbocycles. The normalized spacial score (nSPS) is 10.4. The molecular formula is C13H13N3O5. The molecule has 1 aromatic heterocycles. The zero-order valence-corrected chi connectivity index (χ0v) is 11.7. The van der Waals surface area contributed by atoms with E-state index in [0.717, 1.165) is 0 Å². The Bertz CT molecular complexity index is 736. The Kier molecular flexibility index (Phi) is 3.62. The lowest BCUT2D eigenvalue weighted by atomic mass is 10.2. The maximum atomic E-state index is 11.3. The van der Waals surface area contributed by atoms with Gasteiger partial charge in [0.25, 0.3) is 5.69 Å². The Morgan fingerprint density at radius 3 is 2.67 bits per heavy atom. The van der Waals surface area contributed by atoms with Gasteiger partial charge in [-0.15, -0.1) is 0 Å². The minimum Gasteiger partial charge on any atom is -0.477 e. The van der Waals surface area contributed by atoms with Crippen LogP contribution in [0.1, 0.15) is 21.6 Å². The van der Waals surface area contributed by atoms with E-state index >= 15 is 0 Å². The number of nitrogens with zero attached hydrogens (tertiary/aromatic N) is 3. The highest BCUT2D eigenvalue weighted by Crippen LogP contribution is 2.31. The monoisotopic (exact) mass is 291 g/mol. The van der Waals surface area contributed by atoms with Crippen LogP contribution in [0, 0.1) is 24.0 Å². The first-order chi connectivity index (χ1) is 9.81. The SMILES string of the molecule is Cc1ccc([N+](=O)[O-])cc1Oc1c(C(=O)O)c(C)nn1C. The highest BCUT2D eigenvalue weighted by atomic mass is 16.6. The number of aromatic nitrogens is 2. The van der Waals surface area contributed by atoms with Gasteiger partial charge in [-0.2, -0.15) is 5.10 Å². The zero-order valence-electron chi connectivity index (χ0n) is 11.7. The van der Waals surface area contributed by atoms with Gasteiger partial charge in [0.15, 0.2) is 0 Å². The van der Waals surface area contributed by atoms with Gasteiger partial charge in [-0.1, -0.05) is 0 Å². The summed E-state index contributed by atoms with van der Waals surface area (Å²) in [6, 6.07) is 4.15. The number of aryl methyl sites for hydroxylation is 3. The van der Waals surface area contributed by atoms with Crippen LogP contribution in [0.25, 0.3) is 0 Å². The van der Waals surface area contributed by atoms with Gasteiger partial charge in [-0.05, 0) is 25.5 Å². The molecule has 2 aromatic rings. The number of hydrogen-bond acceptors (Lipinski definition) is 5. The zero-order chi connectivity index (χ0) is 15.7. The Morgan fingerprint density at radius 2 is 2.10 bits per heavy atom. The summed E-state index contributed by atoms with van der Waals surface area (Å²) in [5.41, 5.74) is 0.758. The number of non-ortho nitro benzene ring substituents is 1. The van der Waals surface area contributed by atoms with Crippen molar-refractivity contribution in [1.82, 2.24) is 9.78 Å². The number of carbonyl (C=O) groups is 1. The fourth-order valence-corrected chi connectivity index (χ4v) is 1.92. The van der Waals surface area contributed by atoms with Crippen molar-refractivity contribution in [2.24, 2.45) is 7.05 Å². The first-order valence-electron chi connectivity index (χ1n) is 6.01. The summed E-state index contributed by atoms with van der Waals surface area (Å²) in [4.78, 5) is 21.5. The molecule has 0 unspecified atom stereocenters. The summed E-state index contributed by atoms with van der Waals surface area (Å²) in [7, 11) is 1.54. The van der Waals surface area contributed by atoms with Crippen LogP contribution >= 0.6 is 0 Å². The van der Waals surface area contributed by atoms with Gasteiger partial charge >= 0.3 is 5.97 Å². The van der Waals surface area contributed by atoms with Gasteiger partial charge in [0.1, 0.15) is 11.3 Å². The molecule has 1 aromatic carbocycles. The van der Waals surface area contributed by atoms with Crippen molar-refractivity contribution in [3.63, 3.8) is 0 Å². The molecule has 1 heterocycles. The third-order valence-electron chi connectivity index (χ3n) is 2.97. The maximum Gasteiger partial charge on any atom is 0.343 e. The molecule has 8 nitrogen and oxygen atoms in total. The van der Waals surface area contributed by atoms with E-state index in [-0.39, 0.29) is 22.9 Å². The number of rotatable bonds is 4. The molecule has 2 rings (SSSR count). The molecule has 0 amide bonds. The van der Waals surface area contributed by atoms with E-state index in [2.05, 4.69) is 5.10 Å². The minimum absolute atomic E-state index is 0.0311. The average Bonchev–Trinajstić information content (AvgIpc) is 2.66. The number of hydrogen-bond donors (Lipinski definition) is 1. The molecule has 0 bridgehead atoms. The van der Waals surface area contributed by atoms with E-state index in [4.69, 9.17) is 4.74 Å². The van der Waals surface area contributed by atoms with Crippen LogP contribution in [0.5, 0.6) is 11.6 Å². The summed E-state index contributed by atoms with van der Waals surface area (Å²) >= 11 is 0. The number of nitro groups is 1. The molecule has 0 radical (unpaired) electrons. The Morgan fingerprint density at radius 1 is 1.43 bits per heavy atom. The van der Waals surface area contributed by atoms with E-state index in [1.54, 1.807) is 20.9 Å². The summed E-state index contributed by atoms with van der Waals surface area (Å²) in [6.07, 6.45) is 0. The van der Waals surface area contributed by atoms with Gasteiger partial charge in [-0.3, -0.25) is 10.1 Å². The van der Waals surface area contributed by atoms with Gasteiger partial charge in [0.05, 0.1) is 16.7 Å². The Labute approximate surface area is 119 Å². The van der Waals surface area contributed by atoms with Gasteiger partial charge in [0, 0.05) is 13.1 Å². The van der Waals surface area contributed by atoms with Crippen LogP contribution in [-0.2, 0) is 7.05 Å². The van der Waals surface area contributed by atoms with E-state index in [9.17, 15) is 20.0 Å². The molecule has 0 aliphatic rings. The van der Waals surface area contributed by atoms with E-state index in [1.165, 1.54) is 22.9 Å². The molecule has 0 spiro atoms. The molecular weight excluding hydrogens is 278 g/mol. The van der Waals surface area contributed by atoms with Gasteiger partial charge in [-0.25, -0.2) is 9.48 Å². The van der Waals surface area contributed by atoms with Crippen molar-refractivity contribution in [3.8, 4) is 11.6 Å². The summed E-state index contributed by atoms with van der Waals surface area (Å²) in [5.74, 6) is -0.919. The lowest BCUT2D eigenvalue weighted by molar-refractivity contribution is -0.384. The lowest BCUT2D eigenvalue weighted by Gasteiger charge is -2.09. The van der Waals surface area contributed by atoms with Gasteiger partial charge < -0.3 is 9.84 Å². The second kappa shape index (κ2) is 5.23. The van der Waals surface area contributed by atoms with Crippen LogP contribution in [0.2, 0.25) is 0 Å². The molecule has 0 fully saturated rings. The second-order valence-electron chi connectivity index (χ2n) is 4.50. The van der Waals surface area contributed by atoms with Crippen molar-refractivity contribution in [1.29, 1.82) is 0 Å². The predicted molar refractivity (Wildman–Crippen MR) is 72.8 cm³/mol. The molecule has 0 saturated heterocycles. The molecule has 0 aliphatic heterocycles. The summed E-state index contributed by atoms with van der Waals surface area (Å²) < 4.78 is 6.85. The number of carboxylic acid groups (broad SMARTS) is 1. The smallest absolute Gasteiger partial charge is 0.343 e. The van der Waals surface area contributed by atoms with Crippen LogP contribution < -0.4 is 4.74 Å². The van der Waals surface area contributed by atoms with Gasteiger partial charge in [0.2, 0.25) is 5.88 Å². The maximum absolute atomic E-state index is 11.3. The molecule has 8 heteroatoms. The fourth-order valence-electron chi connectivity index (χ4n) is 1.92. The number of ether oxygens (including phenoxy) is 1. The van der Waals surface area contributed by atoms with Crippen molar-refractivity contribution in [2.45, 2.75) is 13.8 Å². The first-order valence-corrected chi connectivity index (χ1v) is 6.01. The quantitative estimate of drug-likeness (QED) is 0.684. The summed E-state index contributed by atoms with van der Waals surface area (Å²) in [5, 5.41) is 24.0. The van der Waals surface area contributed by atoms with E-state index in [1.807, 2.05) is 0 Å². The number of benzene rings is 1. The Balaban J connectivity index is 2.50. The fraction of sp³-hybridized carbons (Fsp3) is 0.231. The van der Waals surface area contributed by atoms with Crippen molar-refractivity contribution < 1.29 is 19.6 Å².